The topological polar surface area (TPSA) is 89.8 Å². The summed E-state index contributed by atoms with van der Waals surface area (Å²) in [4.78, 5) is 12.4. The lowest BCUT2D eigenvalue weighted by Gasteiger charge is -2.21. The highest BCUT2D eigenvalue weighted by Gasteiger charge is 2.20. The zero-order chi connectivity index (χ0) is 33.8. The van der Waals surface area contributed by atoms with Gasteiger partial charge in [0.15, 0.2) is 0 Å². The SMILES string of the molecule is CCCC/C=C/CC/C=C/CC/C=C/C(O)C(CO)NC(=O)CC(O)CCCCCCCCCCCCCCCCCCCCC. The van der Waals surface area contributed by atoms with Crippen molar-refractivity contribution in [2.45, 2.75) is 212 Å². The molecule has 1 amide bonds. The Morgan fingerprint density at radius 1 is 0.543 bits per heavy atom. The van der Waals surface area contributed by atoms with Gasteiger partial charge >= 0.3 is 0 Å². The summed E-state index contributed by atoms with van der Waals surface area (Å²) >= 11 is 0. The third-order valence-electron chi connectivity index (χ3n) is 8.91. The van der Waals surface area contributed by atoms with E-state index in [9.17, 15) is 20.1 Å². The van der Waals surface area contributed by atoms with Crippen LogP contribution in [0.25, 0.3) is 0 Å². The fourth-order valence-corrected chi connectivity index (χ4v) is 5.83. The van der Waals surface area contributed by atoms with Crippen LogP contribution < -0.4 is 5.32 Å². The van der Waals surface area contributed by atoms with Crippen LogP contribution in [0.1, 0.15) is 194 Å². The van der Waals surface area contributed by atoms with Crippen molar-refractivity contribution >= 4 is 5.91 Å². The summed E-state index contributed by atoms with van der Waals surface area (Å²) in [7, 11) is 0. The molecule has 270 valence electrons. The first-order valence-corrected chi connectivity index (χ1v) is 19.8. The Hall–Kier alpha value is -1.43. The van der Waals surface area contributed by atoms with Crippen molar-refractivity contribution in [2.24, 2.45) is 0 Å². The number of aliphatic hydroxyl groups excluding tert-OH is 3. The molecule has 0 aromatic rings. The van der Waals surface area contributed by atoms with E-state index < -0.39 is 18.2 Å². The maximum absolute atomic E-state index is 12.4. The van der Waals surface area contributed by atoms with Crippen molar-refractivity contribution in [1.82, 2.24) is 5.32 Å². The van der Waals surface area contributed by atoms with Crippen LogP contribution in [0, 0.1) is 0 Å². The van der Waals surface area contributed by atoms with Crippen LogP contribution in [0.3, 0.4) is 0 Å². The van der Waals surface area contributed by atoms with Crippen LogP contribution in [0.2, 0.25) is 0 Å². The van der Waals surface area contributed by atoms with E-state index >= 15 is 0 Å². The highest BCUT2D eigenvalue weighted by Crippen LogP contribution is 2.15. The summed E-state index contributed by atoms with van der Waals surface area (Å²) < 4.78 is 0. The van der Waals surface area contributed by atoms with E-state index in [1.165, 1.54) is 128 Å². The first-order chi connectivity index (χ1) is 22.5. The fraction of sp³-hybridized carbons (Fsp3) is 0.829. The van der Waals surface area contributed by atoms with E-state index in [2.05, 4.69) is 43.5 Å². The van der Waals surface area contributed by atoms with Gasteiger partial charge in [-0.25, -0.2) is 0 Å². The van der Waals surface area contributed by atoms with Gasteiger partial charge in [-0.15, -0.1) is 0 Å². The van der Waals surface area contributed by atoms with Crippen molar-refractivity contribution in [3.63, 3.8) is 0 Å². The number of nitrogens with one attached hydrogen (secondary N) is 1. The minimum atomic E-state index is -0.956. The third-order valence-corrected chi connectivity index (χ3v) is 8.91. The van der Waals surface area contributed by atoms with Crippen molar-refractivity contribution in [1.29, 1.82) is 0 Å². The lowest BCUT2D eigenvalue weighted by atomic mass is 10.0. The zero-order valence-electron chi connectivity index (χ0n) is 30.5. The Kier molecular flexibility index (Phi) is 35.3. The van der Waals surface area contributed by atoms with E-state index in [1.54, 1.807) is 6.08 Å². The lowest BCUT2D eigenvalue weighted by Crippen LogP contribution is -2.45. The largest absolute Gasteiger partial charge is 0.394 e. The first-order valence-electron chi connectivity index (χ1n) is 19.8. The molecular weight excluding hydrogens is 570 g/mol. The van der Waals surface area contributed by atoms with Crippen molar-refractivity contribution in [3.05, 3.63) is 36.5 Å². The molecule has 0 spiro atoms. The van der Waals surface area contributed by atoms with Crippen molar-refractivity contribution in [2.75, 3.05) is 6.61 Å². The Labute approximate surface area is 285 Å². The molecule has 0 rings (SSSR count). The molecule has 46 heavy (non-hydrogen) atoms. The number of allylic oxidation sites excluding steroid dienone is 5. The van der Waals surface area contributed by atoms with E-state index in [-0.39, 0.29) is 18.9 Å². The summed E-state index contributed by atoms with van der Waals surface area (Å²) in [5.74, 6) is -0.330. The molecule has 0 bridgehead atoms. The van der Waals surface area contributed by atoms with Gasteiger partial charge in [-0.2, -0.15) is 0 Å². The predicted molar refractivity (Wildman–Crippen MR) is 199 cm³/mol. The standard InChI is InChI=1S/C41H77NO4/c1-3-5-7-9-11-13-15-17-18-19-20-21-22-23-24-26-28-30-32-34-38(44)36-41(46)42-39(37-43)40(45)35-33-31-29-27-25-16-14-12-10-8-6-4-2/h10,12,25,27,33,35,38-40,43-45H,3-9,11,13-24,26,28-32,34,36-37H2,1-2H3,(H,42,46)/b12-10+,27-25+,35-33+. The summed E-state index contributed by atoms with van der Waals surface area (Å²) in [5.41, 5.74) is 0. The molecule has 5 nitrogen and oxygen atoms in total. The number of rotatable bonds is 35. The molecule has 0 fully saturated rings. The van der Waals surface area contributed by atoms with Crippen LogP contribution in [0.15, 0.2) is 36.5 Å². The van der Waals surface area contributed by atoms with Crippen LogP contribution >= 0.6 is 0 Å². The van der Waals surface area contributed by atoms with Gasteiger partial charge in [-0.3, -0.25) is 4.79 Å². The van der Waals surface area contributed by atoms with E-state index in [4.69, 9.17) is 0 Å². The average molecular weight is 648 g/mol. The van der Waals surface area contributed by atoms with Gasteiger partial charge < -0.3 is 20.6 Å². The van der Waals surface area contributed by atoms with Crippen LogP contribution in [0.5, 0.6) is 0 Å². The molecule has 0 saturated heterocycles. The maximum Gasteiger partial charge on any atom is 0.222 e. The summed E-state index contributed by atoms with van der Waals surface area (Å²) in [6, 6.07) is -0.763. The van der Waals surface area contributed by atoms with Gasteiger partial charge in [0.1, 0.15) is 0 Å². The average Bonchev–Trinajstić information content (AvgIpc) is 3.05. The van der Waals surface area contributed by atoms with Crippen LogP contribution in [-0.4, -0.2) is 46.1 Å². The molecule has 0 aliphatic heterocycles. The maximum atomic E-state index is 12.4. The quantitative estimate of drug-likeness (QED) is 0.0407. The second kappa shape index (κ2) is 36.4. The first kappa shape index (κ1) is 44.6. The number of amides is 1. The van der Waals surface area contributed by atoms with Crippen LogP contribution in [-0.2, 0) is 4.79 Å². The summed E-state index contributed by atoms with van der Waals surface area (Å²) in [6.45, 7) is 4.14. The Morgan fingerprint density at radius 3 is 1.37 bits per heavy atom. The Morgan fingerprint density at radius 2 is 0.935 bits per heavy atom. The van der Waals surface area contributed by atoms with Crippen LogP contribution in [0.4, 0.5) is 0 Å². The summed E-state index contributed by atoms with van der Waals surface area (Å²) in [6.07, 6.45) is 44.2. The minimum absolute atomic E-state index is 0.00453. The van der Waals surface area contributed by atoms with E-state index in [0.29, 0.717) is 6.42 Å². The molecule has 0 aromatic heterocycles. The fourth-order valence-electron chi connectivity index (χ4n) is 5.83. The summed E-state index contributed by atoms with van der Waals surface area (Å²) in [5, 5.41) is 33.0. The highest BCUT2D eigenvalue weighted by molar-refractivity contribution is 5.76. The molecule has 5 heteroatoms. The molecular formula is C41H77NO4. The van der Waals surface area contributed by atoms with E-state index in [0.717, 1.165) is 38.5 Å². The van der Waals surface area contributed by atoms with Gasteiger partial charge in [0.2, 0.25) is 5.91 Å². The number of hydrogen-bond acceptors (Lipinski definition) is 4. The van der Waals surface area contributed by atoms with Gasteiger partial charge in [0.25, 0.3) is 0 Å². The molecule has 0 heterocycles. The second-order valence-electron chi connectivity index (χ2n) is 13.5. The Bertz CT molecular complexity index is 719. The monoisotopic (exact) mass is 648 g/mol. The highest BCUT2D eigenvalue weighted by atomic mass is 16.3. The molecule has 0 saturated carbocycles. The molecule has 3 unspecified atom stereocenters. The molecule has 0 radical (unpaired) electrons. The molecule has 0 aliphatic rings. The number of carbonyl (C=O) groups is 1. The van der Waals surface area contributed by atoms with Crippen molar-refractivity contribution < 1.29 is 20.1 Å². The van der Waals surface area contributed by atoms with Gasteiger partial charge in [0.05, 0.1) is 31.3 Å². The minimum Gasteiger partial charge on any atom is -0.394 e. The number of aliphatic hydroxyl groups is 3. The van der Waals surface area contributed by atoms with Crippen molar-refractivity contribution in [3.8, 4) is 0 Å². The second-order valence-corrected chi connectivity index (χ2v) is 13.5. The van der Waals surface area contributed by atoms with Gasteiger partial charge in [-0.1, -0.05) is 185 Å². The zero-order valence-corrected chi connectivity index (χ0v) is 30.5. The Balaban J connectivity index is 3.70. The molecule has 3 atom stereocenters. The van der Waals surface area contributed by atoms with E-state index in [1.807, 2.05) is 6.08 Å². The number of hydrogen-bond donors (Lipinski definition) is 4. The molecule has 4 N–H and O–H groups in total. The van der Waals surface area contributed by atoms with Gasteiger partial charge in [0, 0.05) is 0 Å². The molecule has 0 aromatic carbocycles. The smallest absolute Gasteiger partial charge is 0.222 e. The number of carbonyl (C=O) groups excluding carboxylic acids is 1. The predicted octanol–water partition coefficient (Wildman–Crippen LogP) is 10.8. The number of unbranched alkanes of at least 4 members (excludes halogenated alkanes) is 22. The lowest BCUT2D eigenvalue weighted by molar-refractivity contribution is -0.124. The molecule has 0 aliphatic carbocycles. The third kappa shape index (κ3) is 32.5. The normalized spacial score (nSPS) is 14.1. The van der Waals surface area contributed by atoms with Gasteiger partial charge in [-0.05, 0) is 38.5 Å².